The average molecular weight is 212 g/mol. The minimum absolute atomic E-state index is 1.56. The van der Waals surface area contributed by atoms with Gasteiger partial charge in [0.2, 0.25) is 0 Å². The van der Waals surface area contributed by atoms with E-state index in [1.807, 2.05) is 0 Å². The second-order valence-electron chi connectivity index (χ2n) is 1.14. The quantitative estimate of drug-likeness (QED) is 0.457. The van der Waals surface area contributed by atoms with Crippen LogP contribution in [0.15, 0.2) is 0 Å². The summed E-state index contributed by atoms with van der Waals surface area (Å²) in [5.74, 6) is 0. The summed E-state index contributed by atoms with van der Waals surface area (Å²) in [6.07, 6.45) is 0. The van der Waals surface area contributed by atoms with Crippen molar-refractivity contribution in [2.75, 3.05) is 6.79 Å². The molecule has 6 nitrogen and oxygen atoms in total. The fourth-order valence-electron chi connectivity index (χ4n) is 0.135. The monoisotopic (exact) mass is 212 g/mol. The molecule has 0 heterocycles. The Labute approximate surface area is 61.6 Å². The molecule has 0 amide bonds. The van der Waals surface area contributed by atoms with Gasteiger partial charge in [0.1, 0.15) is 0 Å². The third-order valence-corrected chi connectivity index (χ3v) is 1.13. The van der Waals surface area contributed by atoms with E-state index in [-0.39, 0.29) is 0 Å². The van der Waals surface area contributed by atoms with Gasteiger partial charge in [0.05, 0.1) is 0 Å². The van der Waals surface area contributed by atoms with Crippen LogP contribution in [0.5, 0.6) is 0 Å². The Morgan fingerprint density at radius 3 is 1.36 bits per heavy atom. The van der Waals surface area contributed by atoms with E-state index in [0.29, 0.717) is 0 Å². The van der Waals surface area contributed by atoms with E-state index in [1.165, 1.54) is 0 Å². The zero-order chi connectivity index (χ0) is 9.12. The maximum atomic E-state index is 11.3. The van der Waals surface area contributed by atoms with E-state index in [2.05, 4.69) is 8.37 Å². The van der Waals surface area contributed by atoms with Gasteiger partial charge in [-0.25, -0.2) is 8.37 Å². The van der Waals surface area contributed by atoms with Crippen LogP contribution in [0.2, 0.25) is 0 Å². The second kappa shape index (κ2) is 3.38. The molecule has 0 aromatic carbocycles. The summed E-state index contributed by atoms with van der Waals surface area (Å²) >= 11 is 0. The predicted molar refractivity (Wildman–Crippen MR) is 27.1 cm³/mol. The van der Waals surface area contributed by atoms with Crippen LogP contribution in [0.3, 0.4) is 0 Å². The highest BCUT2D eigenvalue weighted by atomic mass is 32.3. The molecule has 0 saturated carbocycles. The zero-order valence-corrected chi connectivity index (χ0v) is 6.36. The second-order valence-corrected chi connectivity index (χ2v) is 3.18. The average Bonchev–Trinajstić information content (AvgIpc) is 1.55. The third-order valence-electron chi connectivity index (χ3n) is 0.378. The highest BCUT2D eigenvalue weighted by molar-refractivity contribution is 7.82. The lowest BCUT2D eigenvalue weighted by Gasteiger charge is -1.94. The van der Waals surface area contributed by atoms with Crippen LogP contribution in [-0.4, -0.2) is 23.6 Å². The van der Waals surface area contributed by atoms with Crippen molar-refractivity contribution >= 4 is 21.0 Å². The van der Waals surface area contributed by atoms with Crippen molar-refractivity contribution in [2.24, 2.45) is 0 Å². The molecule has 0 spiro atoms. The van der Waals surface area contributed by atoms with E-state index in [0.717, 1.165) is 0 Å². The van der Waals surface area contributed by atoms with E-state index in [1.54, 1.807) is 0 Å². The molecular weight excluding hydrogens is 210 g/mol. The summed E-state index contributed by atoms with van der Waals surface area (Å²) in [6.45, 7) is -1.56. The van der Waals surface area contributed by atoms with E-state index in [4.69, 9.17) is 0 Å². The van der Waals surface area contributed by atoms with Gasteiger partial charge in [0.15, 0.2) is 6.79 Å². The fourth-order valence-corrected chi connectivity index (χ4v) is 0.522. The first-order valence-corrected chi connectivity index (χ1v) is 4.50. The number of hydrogen-bond acceptors (Lipinski definition) is 6. The fraction of sp³-hybridized carbons (Fsp3) is 1.00. The van der Waals surface area contributed by atoms with Crippen molar-refractivity contribution < 1.29 is 33.0 Å². The van der Waals surface area contributed by atoms with Gasteiger partial charge in [-0.05, 0) is 0 Å². The number of hydrogen-bond donors (Lipinski definition) is 0. The van der Waals surface area contributed by atoms with Crippen molar-refractivity contribution in [1.29, 1.82) is 0 Å². The Balaban J connectivity index is 3.79. The molecule has 0 bridgehead atoms. The molecule has 0 saturated heterocycles. The van der Waals surface area contributed by atoms with Gasteiger partial charge in [-0.2, -0.15) is 16.8 Å². The van der Waals surface area contributed by atoms with Gasteiger partial charge in [-0.1, -0.05) is 7.77 Å². The Hall–Kier alpha value is -0.320. The van der Waals surface area contributed by atoms with E-state index < -0.39 is 27.8 Å². The van der Waals surface area contributed by atoms with Crippen LogP contribution < -0.4 is 0 Å². The maximum absolute atomic E-state index is 11.3. The largest absolute Gasteiger partial charge is 0.439 e. The van der Waals surface area contributed by atoms with Gasteiger partial charge in [0, 0.05) is 0 Å². The lowest BCUT2D eigenvalue weighted by atomic mass is 11.6. The summed E-state index contributed by atoms with van der Waals surface area (Å²) in [7, 11) is -10.6. The molecule has 0 rings (SSSR count). The van der Waals surface area contributed by atoms with Crippen LogP contribution in [0.1, 0.15) is 0 Å². The Bertz CT molecular complexity index is 267. The third kappa shape index (κ3) is 9.68. The number of rotatable bonds is 4. The summed E-state index contributed by atoms with van der Waals surface area (Å²) < 4.78 is 66.5. The molecule has 0 radical (unpaired) electrons. The first kappa shape index (κ1) is 10.7. The summed E-state index contributed by atoms with van der Waals surface area (Å²) in [6, 6.07) is 0. The minimum Gasteiger partial charge on any atom is -0.215 e. The first-order chi connectivity index (χ1) is 4.71. The Morgan fingerprint density at radius 2 is 1.18 bits per heavy atom. The van der Waals surface area contributed by atoms with Gasteiger partial charge in [0.25, 0.3) is 0 Å². The molecule has 0 aromatic rings. The molecular formula is CH2F2O6S2. The van der Waals surface area contributed by atoms with Crippen LogP contribution in [0.25, 0.3) is 0 Å². The Kier molecular flexibility index (Phi) is 3.29. The molecule has 0 N–H and O–H groups in total. The smallest absolute Gasteiger partial charge is 0.215 e. The van der Waals surface area contributed by atoms with Crippen molar-refractivity contribution in [3.63, 3.8) is 0 Å². The first-order valence-electron chi connectivity index (χ1n) is 1.89. The zero-order valence-electron chi connectivity index (χ0n) is 4.73. The molecule has 0 aliphatic rings. The van der Waals surface area contributed by atoms with Gasteiger partial charge in [-0.3, -0.25) is 0 Å². The molecule has 11 heavy (non-hydrogen) atoms. The topological polar surface area (TPSA) is 86.7 Å². The summed E-state index contributed by atoms with van der Waals surface area (Å²) in [5, 5.41) is 0. The van der Waals surface area contributed by atoms with Crippen molar-refractivity contribution in [2.45, 2.75) is 0 Å². The molecule has 0 unspecified atom stereocenters. The SMILES string of the molecule is O=S(=O)(F)OCOS(=O)(=O)F. The van der Waals surface area contributed by atoms with E-state index >= 15 is 0 Å². The Morgan fingerprint density at radius 1 is 0.909 bits per heavy atom. The van der Waals surface area contributed by atoms with E-state index in [9.17, 15) is 24.6 Å². The van der Waals surface area contributed by atoms with Crippen molar-refractivity contribution in [1.82, 2.24) is 0 Å². The van der Waals surface area contributed by atoms with Gasteiger partial charge in [-0.15, -0.1) is 0 Å². The lowest BCUT2D eigenvalue weighted by Crippen LogP contribution is -2.06. The van der Waals surface area contributed by atoms with Crippen molar-refractivity contribution in [3.05, 3.63) is 0 Å². The summed E-state index contributed by atoms with van der Waals surface area (Å²) in [5.41, 5.74) is 0. The molecule has 0 fully saturated rings. The maximum Gasteiger partial charge on any atom is 0.439 e. The molecule has 0 aliphatic carbocycles. The van der Waals surface area contributed by atoms with Gasteiger partial charge >= 0.3 is 21.0 Å². The minimum atomic E-state index is -5.30. The molecule has 0 aromatic heterocycles. The standard InChI is InChI=1S/CH2F2O6S2/c2-10(4,5)8-1-9-11(3,6)7/h1H2. The number of halogens is 2. The molecule has 0 atom stereocenters. The molecule has 10 heteroatoms. The highest BCUT2D eigenvalue weighted by Gasteiger charge is 2.12. The van der Waals surface area contributed by atoms with Crippen LogP contribution >= 0.6 is 0 Å². The van der Waals surface area contributed by atoms with Gasteiger partial charge < -0.3 is 0 Å². The highest BCUT2D eigenvalue weighted by Crippen LogP contribution is 1.98. The molecule has 68 valence electrons. The molecule has 0 aliphatic heterocycles. The lowest BCUT2D eigenvalue weighted by molar-refractivity contribution is 0.117. The van der Waals surface area contributed by atoms with Crippen LogP contribution in [0, 0.1) is 0 Å². The predicted octanol–water partition coefficient (Wildman–Crippen LogP) is -0.594. The normalized spacial score (nSPS) is 13.3. The van der Waals surface area contributed by atoms with Crippen LogP contribution in [0.4, 0.5) is 7.77 Å². The summed E-state index contributed by atoms with van der Waals surface area (Å²) in [4.78, 5) is 0. The van der Waals surface area contributed by atoms with Crippen molar-refractivity contribution in [3.8, 4) is 0 Å². The van der Waals surface area contributed by atoms with Crippen LogP contribution in [-0.2, 0) is 29.4 Å².